The average Bonchev–Trinajstić information content (AvgIpc) is 2.96. The molecule has 0 spiro atoms. The number of hydrogen-bond acceptors (Lipinski definition) is 2. The van der Waals surface area contributed by atoms with Crippen LogP contribution in [0.15, 0.2) is 12.1 Å². The molecule has 0 saturated heterocycles. The maximum Gasteiger partial charge on any atom is 0.166 e. The van der Waals surface area contributed by atoms with Crippen LogP contribution in [-0.4, -0.2) is 11.2 Å². The second kappa shape index (κ2) is 6.36. The van der Waals surface area contributed by atoms with Crippen LogP contribution < -0.4 is 10.6 Å². The maximum atomic E-state index is 5.31. The van der Waals surface area contributed by atoms with Crippen LogP contribution in [0.5, 0.6) is 0 Å². The number of aryl methyl sites for hydroxylation is 1. The van der Waals surface area contributed by atoms with Crippen LogP contribution in [0, 0.1) is 0 Å². The molecule has 1 aliphatic rings. The van der Waals surface area contributed by atoms with Crippen LogP contribution in [0.3, 0.4) is 0 Å². The van der Waals surface area contributed by atoms with Gasteiger partial charge in [0.25, 0.3) is 0 Å². The summed E-state index contributed by atoms with van der Waals surface area (Å²) in [5, 5.41) is 7.50. The molecule has 0 atom stereocenters. The van der Waals surface area contributed by atoms with E-state index in [4.69, 9.17) is 12.2 Å². The fourth-order valence-corrected chi connectivity index (χ4v) is 3.32. The van der Waals surface area contributed by atoms with Gasteiger partial charge in [-0.2, -0.15) is 0 Å². The van der Waals surface area contributed by atoms with Gasteiger partial charge in [0.1, 0.15) is 0 Å². The van der Waals surface area contributed by atoms with Crippen LogP contribution in [-0.2, 0) is 13.0 Å². The van der Waals surface area contributed by atoms with Crippen molar-refractivity contribution in [3.63, 3.8) is 0 Å². The van der Waals surface area contributed by atoms with E-state index in [1.165, 1.54) is 35.4 Å². The van der Waals surface area contributed by atoms with E-state index in [0.717, 1.165) is 18.1 Å². The highest BCUT2D eigenvalue weighted by molar-refractivity contribution is 7.80. The van der Waals surface area contributed by atoms with Gasteiger partial charge in [-0.05, 0) is 43.6 Å². The quantitative estimate of drug-likeness (QED) is 0.820. The maximum absolute atomic E-state index is 5.31. The van der Waals surface area contributed by atoms with Crippen molar-refractivity contribution in [1.82, 2.24) is 10.6 Å². The van der Waals surface area contributed by atoms with Crippen molar-refractivity contribution in [3.05, 3.63) is 21.9 Å². The van der Waals surface area contributed by atoms with Crippen LogP contribution >= 0.6 is 23.6 Å². The highest BCUT2D eigenvalue weighted by Crippen LogP contribution is 2.18. The Morgan fingerprint density at radius 1 is 1.35 bits per heavy atom. The Balaban J connectivity index is 1.71. The fraction of sp³-hybridized carbons (Fsp3) is 0.615. The smallest absolute Gasteiger partial charge is 0.166 e. The molecular formula is C13H20N2S2. The molecule has 17 heavy (non-hydrogen) atoms. The number of nitrogens with one attached hydrogen (secondary N) is 2. The summed E-state index contributed by atoms with van der Waals surface area (Å²) in [4.78, 5) is 2.80. The highest BCUT2D eigenvalue weighted by atomic mass is 32.1. The summed E-state index contributed by atoms with van der Waals surface area (Å²) in [6.07, 6.45) is 6.33. The van der Waals surface area contributed by atoms with Gasteiger partial charge < -0.3 is 10.6 Å². The monoisotopic (exact) mass is 268 g/mol. The first-order chi connectivity index (χ1) is 8.28. The number of rotatable bonds is 4. The molecular weight excluding hydrogens is 248 g/mol. The standard InChI is InChI=1S/C13H20N2S2/c1-2-11-7-8-12(17-11)9-14-13(16)15-10-5-3-4-6-10/h7-8,10H,2-6,9H2,1H3,(H2,14,15,16). The van der Waals surface area contributed by atoms with Crippen molar-refractivity contribution in [1.29, 1.82) is 0 Å². The summed E-state index contributed by atoms with van der Waals surface area (Å²) in [5.41, 5.74) is 0. The molecule has 1 heterocycles. The van der Waals surface area contributed by atoms with Crippen molar-refractivity contribution in [2.45, 2.75) is 51.6 Å². The molecule has 94 valence electrons. The van der Waals surface area contributed by atoms with Gasteiger partial charge in [-0.3, -0.25) is 0 Å². The van der Waals surface area contributed by atoms with Gasteiger partial charge in [-0.25, -0.2) is 0 Å². The molecule has 2 N–H and O–H groups in total. The molecule has 2 rings (SSSR count). The average molecular weight is 268 g/mol. The SMILES string of the molecule is CCc1ccc(CNC(=S)NC2CCCC2)s1. The van der Waals surface area contributed by atoms with E-state index >= 15 is 0 Å². The lowest BCUT2D eigenvalue weighted by molar-refractivity contribution is 0.621. The molecule has 4 heteroatoms. The molecule has 1 saturated carbocycles. The minimum atomic E-state index is 0.601. The summed E-state index contributed by atoms with van der Waals surface area (Å²) in [5.74, 6) is 0. The van der Waals surface area contributed by atoms with Gasteiger partial charge in [-0.1, -0.05) is 19.8 Å². The molecule has 0 radical (unpaired) electrons. The third kappa shape index (κ3) is 3.96. The Hall–Kier alpha value is -0.610. The van der Waals surface area contributed by atoms with Crippen molar-refractivity contribution >= 4 is 28.7 Å². The minimum Gasteiger partial charge on any atom is -0.360 e. The molecule has 0 aromatic carbocycles. The van der Waals surface area contributed by atoms with E-state index in [9.17, 15) is 0 Å². The Morgan fingerprint density at radius 2 is 2.06 bits per heavy atom. The van der Waals surface area contributed by atoms with Gasteiger partial charge in [0, 0.05) is 15.8 Å². The largest absolute Gasteiger partial charge is 0.360 e. The van der Waals surface area contributed by atoms with E-state index in [0.29, 0.717) is 6.04 Å². The normalized spacial score (nSPS) is 16.1. The van der Waals surface area contributed by atoms with Crippen LogP contribution in [0.4, 0.5) is 0 Å². The molecule has 0 amide bonds. The van der Waals surface area contributed by atoms with E-state index < -0.39 is 0 Å². The Bertz CT molecular complexity index is 367. The van der Waals surface area contributed by atoms with Crippen molar-refractivity contribution in [2.24, 2.45) is 0 Å². The summed E-state index contributed by atoms with van der Waals surface area (Å²) in [6.45, 7) is 3.04. The Morgan fingerprint density at radius 3 is 2.71 bits per heavy atom. The van der Waals surface area contributed by atoms with Crippen molar-refractivity contribution in [2.75, 3.05) is 0 Å². The topological polar surface area (TPSA) is 24.1 Å². The van der Waals surface area contributed by atoms with E-state index in [-0.39, 0.29) is 0 Å². The lowest BCUT2D eigenvalue weighted by Gasteiger charge is -2.15. The van der Waals surface area contributed by atoms with Gasteiger partial charge in [0.2, 0.25) is 0 Å². The van der Waals surface area contributed by atoms with Crippen LogP contribution in [0.1, 0.15) is 42.4 Å². The Kier molecular flexibility index (Phi) is 4.80. The number of hydrogen-bond donors (Lipinski definition) is 2. The van der Waals surface area contributed by atoms with E-state index in [1.807, 2.05) is 11.3 Å². The first-order valence-corrected chi connectivity index (χ1v) is 7.62. The summed E-state index contributed by atoms with van der Waals surface area (Å²) < 4.78 is 0. The Labute approximate surface area is 113 Å². The molecule has 0 unspecified atom stereocenters. The second-order valence-electron chi connectivity index (χ2n) is 4.53. The zero-order valence-corrected chi connectivity index (χ0v) is 11.9. The van der Waals surface area contributed by atoms with E-state index in [1.54, 1.807) is 0 Å². The lowest BCUT2D eigenvalue weighted by atomic mass is 10.3. The third-order valence-corrected chi connectivity index (χ3v) is 4.67. The molecule has 0 aliphatic heterocycles. The van der Waals surface area contributed by atoms with Gasteiger partial charge in [0.05, 0.1) is 6.54 Å². The first-order valence-electron chi connectivity index (χ1n) is 6.40. The first kappa shape index (κ1) is 12.8. The molecule has 1 aromatic heterocycles. The van der Waals surface area contributed by atoms with Crippen molar-refractivity contribution in [3.8, 4) is 0 Å². The molecule has 0 bridgehead atoms. The molecule has 1 aliphatic carbocycles. The zero-order chi connectivity index (χ0) is 12.1. The third-order valence-electron chi connectivity index (χ3n) is 3.18. The zero-order valence-electron chi connectivity index (χ0n) is 10.3. The molecule has 1 aromatic rings. The lowest BCUT2D eigenvalue weighted by Crippen LogP contribution is -2.40. The van der Waals surface area contributed by atoms with Crippen LogP contribution in [0.25, 0.3) is 0 Å². The van der Waals surface area contributed by atoms with Crippen LogP contribution in [0.2, 0.25) is 0 Å². The fourth-order valence-electron chi connectivity index (χ4n) is 2.18. The van der Waals surface area contributed by atoms with Gasteiger partial charge in [0.15, 0.2) is 5.11 Å². The van der Waals surface area contributed by atoms with Crippen molar-refractivity contribution < 1.29 is 0 Å². The summed E-state index contributed by atoms with van der Waals surface area (Å²) >= 11 is 7.18. The minimum absolute atomic E-state index is 0.601. The van der Waals surface area contributed by atoms with E-state index in [2.05, 4.69) is 29.7 Å². The molecule has 2 nitrogen and oxygen atoms in total. The highest BCUT2D eigenvalue weighted by Gasteiger charge is 2.15. The summed E-state index contributed by atoms with van der Waals surface area (Å²) in [6, 6.07) is 4.99. The summed E-state index contributed by atoms with van der Waals surface area (Å²) in [7, 11) is 0. The second-order valence-corrected chi connectivity index (χ2v) is 6.19. The number of thiocarbonyl (C=S) groups is 1. The predicted octanol–water partition coefficient (Wildman–Crippen LogP) is 3.22. The van der Waals surface area contributed by atoms with Gasteiger partial charge >= 0.3 is 0 Å². The predicted molar refractivity (Wildman–Crippen MR) is 78.5 cm³/mol. The molecule has 1 fully saturated rings. The number of thiophene rings is 1. The van der Waals surface area contributed by atoms with Gasteiger partial charge in [-0.15, -0.1) is 11.3 Å².